The number of β-amino-alcohol motifs (C(OH)–C–C–N with tert-alkyl or cyclic N) is 1. The zero-order chi connectivity index (χ0) is 17.7. The standard InChI is InChI=1S/C17H24N2O5.2H2S/c1-17(2,3)24-16(22)19-9-13(14(20)10-19)18-15(21)23-11-12-7-5-4-6-8-12;;/h4-8,13-14,20H,9-11H2,1-3H3,(H,18,21);2*1H2/t13-,14-;;/m0../s1. The fraction of sp³-hybridized carbons (Fsp3) is 0.529. The summed E-state index contributed by atoms with van der Waals surface area (Å²) in [7, 11) is 0. The molecule has 7 nitrogen and oxygen atoms in total. The molecule has 2 rings (SSSR count). The van der Waals surface area contributed by atoms with Crippen molar-refractivity contribution >= 4 is 39.2 Å². The van der Waals surface area contributed by atoms with Crippen LogP contribution in [0.15, 0.2) is 30.3 Å². The molecule has 1 aromatic rings. The summed E-state index contributed by atoms with van der Waals surface area (Å²) in [4.78, 5) is 25.2. The maximum Gasteiger partial charge on any atom is 0.410 e. The Labute approximate surface area is 167 Å². The summed E-state index contributed by atoms with van der Waals surface area (Å²) in [6.45, 7) is 5.75. The van der Waals surface area contributed by atoms with E-state index in [0.29, 0.717) is 0 Å². The van der Waals surface area contributed by atoms with Gasteiger partial charge in [-0.1, -0.05) is 30.3 Å². The maximum absolute atomic E-state index is 12.0. The van der Waals surface area contributed by atoms with Gasteiger partial charge in [0.25, 0.3) is 0 Å². The monoisotopic (exact) mass is 404 g/mol. The Balaban J connectivity index is 0.00000312. The van der Waals surface area contributed by atoms with E-state index in [1.54, 1.807) is 20.8 Å². The quantitative estimate of drug-likeness (QED) is 0.806. The summed E-state index contributed by atoms with van der Waals surface area (Å²) in [5.41, 5.74) is 0.261. The molecule has 1 aliphatic rings. The Morgan fingerprint density at radius 3 is 2.38 bits per heavy atom. The molecular formula is C17H28N2O5S2. The minimum Gasteiger partial charge on any atom is -0.445 e. The third kappa shape index (κ3) is 7.76. The van der Waals surface area contributed by atoms with Gasteiger partial charge in [0.2, 0.25) is 0 Å². The number of aliphatic hydroxyl groups excluding tert-OH is 1. The lowest BCUT2D eigenvalue weighted by Crippen LogP contribution is -2.43. The molecule has 26 heavy (non-hydrogen) atoms. The number of hydrogen-bond acceptors (Lipinski definition) is 5. The average Bonchev–Trinajstić information content (AvgIpc) is 2.86. The summed E-state index contributed by atoms with van der Waals surface area (Å²) < 4.78 is 10.4. The Bertz CT molecular complexity index is 580. The van der Waals surface area contributed by atoms with Gasteiger partial charge in [0.05, 0.1) is 18.7 Å². The lowest BCUT2D eigenvalue weighted by Gasteiger charge is -2.24. The zero-order valence-electron chi connectivity index (χ0n) is 15.2. The van der Waals surface area contributed by atoms with E-state index in [1.165, 1.54) is 4.90 Å². The molecule has 1 aliphatic heterocycles. The fourth-order valence-electron chi connectivity index (χ4n) is 2.32. The van der Waals surface area contributed by atoms with Crippen molar-refractivity contribution in [2.75, 3.05) is 13.1 Å². The van der Waals surface area contributed by atoms with Gasteiger partial charge in [0.1, 0.15) is 12.2 Å². The predicted molar refractivity (Wildman–Crippen MR) is 108 cm³/mol. The lowest BCUT2D eigenvalue weighted by atomic mass is 10.2. The Kier molecular flexibility index (Phi) is 9.90. The molecule has 148 valence electrons. The van der Waals surface area contributed by atoms with Gasteiger partial charge in [0, 0.05) is 6.54 Å². The van der Waals surface area contributed by atoms with E-state index in [0.717, 1.165) is 5.56 Å². The first-order valence-electron chi connectivity index (χ1n) is 7.88. The third-order valence-corrected chi connectivity index (χ3v) is 3.46. The molecule has 0 radical (unpaired) electrons. The number of alkyl carbamates (subject to hydrolysis) is 1. The molecule has 1 fully saturated rings. The van der Waals surface area contributed by atoms with Crippen LogP contribution in [0.3, 0.4) is 0 Å². The van der Waals surface area contributed by atoms with Gasteiger partial charge in [-0.2, -0.15) is 27.0 Å². The molecule has 0 aromatic heterocycles. The molecule has 9 heteroatoms. The van der Waals surface area contributed by atoms with Crippen molar-refractivity contribution in [1.82, 2.24) is 10.2 Å². The summed E-state index contributed by atoms with van der Waals surface area (Å²) in [6, 6.07) is 8.71. The second kappa shape index (κ2) is 10.5. The van der Waals surface area contributed by atoms with E-state index < -0.39 is 29.9 Å². The van der Waals surface area contributed by atoms with Crippen LogP contribution in [0, 0.1) is 0 Å². The van der Waals surface area contributed by atoms with Crippen LogP contribution in [0.1, 0.15) is 26.3 Å². The summed E-state index contributed by atoms with van der Waals surface area (Å²) in [5, 5.41) is 12.6. The predicted octanol–water partition coefficient (Wildman–Crippen LogP) is 2.12. The first kappa shape index (κ1) is 24.4. The second-order valence-electron chi connectivity index (χ2n) is 6.77. The van der Waals surface area contributed by atoms with Crippen molar-refractivity contribution < 1.29 is 24.2 Å². The van der Waals surface area contributed by atoms with Crippen LogP contribution in [0.2, 0.25) is 0 Å². The second-order valence-corrected chi connectivity index (χ2v) is 6.77. The minimum absolute atomic E-state index is 0. The summed E-state index contributed by atoms with van der Waals surface area (Å²) in [5.74, 6) is 0. The van der Waals surface area contributed by atoms with Gasteiger partial charge in [-0.05, 0) is 26.3 Å². The van der Waals surface area contributed by atoms with Crippen molar-refractivity contribution in [3.63, 3.8) is 0 Å². The van der Waals surface area contributed by atoms with Gasteiger partial charge in [-0.25, -0.2) is 9.59 Å². The number of aliphatic hydroxyl groups is 1. The molecule has 1 saturated heterocycles. The van der Waals surface area contributed by atoms with E-state index in [4.69, 9.17) is 9.47 Å². The van der Waals surface area contributed by atoms with Crippen molar-refractivity contribution in [2.24, 2.45) is 0 Å². The van der Waals surface area contributed by atoms with Crippen molar-refractivity contribution in [1.29, 1.82) is 0 Å². The van der Waals surface area contributed by atoms with Crippen molar-refractivity contribution in [3.05, 3.63) is 35.9 Å². The molecule has 2 N–H and O–H groups in total. The number of hydrogen-bond donors (Lipinski definition) is 2. The summed E-state index contributed by atoms with van der Waals surface area (Å²) in [6.07, 6.45) is -2.00. The van der Waals surface area contributed by atoms with Crippen molar-refractivity contribution in [3.8, 4) is 0 Å². The maximum atomic E-state index is 12.0. The number of likely N-dealkylation sites (tertiary alicyclic amines) is 1. The van der Waals surface area contributed by atoms with Crippen LogP contribution in [-0.2, 0) is 16.1 Å². The molecular weight excluding hydrogens is 376 g/mol. The third-order valence-electron chi connectivity index (χ3n) is 3.46. The topological polar surface area (TPSA) is 88.1 Å². The number of rotatable bonds is 3. The number of carbonyl (C=O) groups is 2. The largest absolute Gasteiger partial charge is 0.445 e. The van der Waals surface area contributed by atoms with E-state index in [-0.39, 0.29) is 46.7 Å². The van der Waals surface area contributed by atoms with E-state index in [1.807, 2.05) is 30.3 Å². The average molecular weight is 405 g/mol. The zero-order valence-corrected chi connectivity index (χ0v) is 17.2. The van der Waals surface area contributed by atoms with Crippen LogP contribution in [0.25, 0.3) is 0 Å². The first-order valence-corrected chi connectivity index (χ1v) is 7.88. The number of nitrogens with one attached hydrogen (secondary N) is 1. The number of amides is 2. The molecule has 0 saturated carbocycles. The number of ether oxygens (including phenoxy) is 2. The van der Waals surface area contributed by atoms with Gasteiger partial charge in [-0.15, -0.1) is 0 Å². The van der Waals surface area contributed by atoms with Gasteiger partial charge in [0.15, 0.2) is 0 Å². The van der Waals surface area contributed by atoms with Crippen LogP contribution in [0.5, 0.6) is 0 Å². The van der Waals surface area contributed by atoms with Crippen LogP contribution in [0.4, 0.5) is 9.59 Å². The molecule has 1 heterocycles. The minimum atomic E-state index is -0.859. The lowest BCUT2D eigenvalue weighted by molar-refractivity contribution is 0.0269. The van der Waals surface area contributed by atoms with Gasteiger partial charge in [-0.3, -0.25) is 0 Å². The van der Waals surface area contributed by atoms with Gasteiger partial charge < -0.3 is 24.8 Å². The molecule has 0 bridgehead atoms. The molecule has 2 amide bonds. The van der Waals surface area contributed by atoms with E-state index >= 15 is 0 Å². The highest BCUT2D eigenvalue weighted by molar-refractivity contribution is 7.59. The Hall–Kier alpha value is -1.58. The first-order chi connectivity index (χ1) is 11.2. The fourth-order valence-corrected chi connectivity index (χ4v) is 2.32. The highest BCUT2D eigenvalue weighted by Crippen LogP contribution is 2.16. The highest BCUT2D eigenvalue weighted by atomic mass is 32.1. The smallest absolute Gasteiger partial charge is 0.410 e. The number of nitrogens with zero attached hydrogens (tertiary/aromatic N) is 1. The van der Waals surface area contributed by atoms with Crippen LogP contribution < -0.4 is 5.32 Å². The van der Waals surface area contributed by atoms with E-state index in [9.17, 15) is 14.7 Å². The van der Waals surface area contributed by atoms with Gasteiger partial charge >= 0.3 is 12.2 Å². The number of carbonyl (C=O) groups excluding carboxylic acids is 2. The molecule has 0 aliphatic carbocycles. The van der Waals surface area contributed by atoms with Crippen molar-refractivity contribution in [2.45, 2.75) is 45.1 Å². The molecule has 2 atom stereocenters. The summed E-state index contributed by atoms with van der Waals surface area (Å²) >= 11 is 0. The van der Waals surface area contributed by atoms with Crippen LogP contribution >= 0.6 is 27.0 Å². The molecule has 0 unspecified atom stereocenters. The molecule has 0 spiro atoms. The van der Waals surface area contributed by atoms with Crippen LogP contribution in [-0.4, -0.2) is 53.0 Å². The highest BCUT2D eigenvalue weighted by Gasteiger charge is 2.37. The Morgan fingerprint density at radius 2 is 1.81 bits per heavy atom. The molecule has 1 aromatic carbocycles. The Morgan fingerprint density at radius 1 is 1.19 bits per heavy atom. The van der Waals surface area contributed by atoms with E-state index in [2.05, 4.69) is 5.32 Å². The number of benzene rings is 1. The SMILES string of the molecule is CC(C)(C)OC(=O)N1C[C@H](NC(=O)OCc2ccccc2)[C@@H](O)C1.S.S. The normalized spacial score (nSPS) is 19.0.